The number of anilines is 1. The molecule has 2 aromatic rings. The number of amides is 2. The van der Waals surface area contributed by atoms with Crippen LogP contribution in [-0.4, -0.2) is 27.8 Å². The van der Waals surface area contributed by atoms with E-state index in [0.29, 0.717) is 30.5 Å². The minimum Gasteiger partial charge on any atom is -0.444 e. The van der Waals surface area contributed by atoms with Crippen LogP contribution in [0, 0.1) is 0 Å². The second kappa shape index (κ2) is 10.4. The van der Waals surface area contributed by atoms with Crippen LogP contribution in [0.4, 0.5) is 10.5 Å². The first-order chi connectivity index (χ1) is 14.2. The van der Waals surface area contributed by atoms with E-state index >= 15 is 0 Å². The zero-order valence-corrected chi connectivity index (χ0v) is 17.6. The molecule has 0 spiro atoms. The first-order valence-corrected chi connectivity index (χ1v) is 9.67. The summed E-state index contributed by atoms with van der Waals surface area (Å²) in [6, 6.07) is 6.54. The van der Waals surface area contributed by atoms with Crippen molar-refractivity contribution in [1.82, 2.24) is 15.5 Å². The number of alkyl carbamates (subject to hydrolysis) is 1. The highest BCUT2D eigenvalue weighted by atomic mass is 16.6. The first-order valence-electron chi connectivity index (χ1n) is 9.67. The van der Waals surface area contributed by atoms with E-state index < -0.39 is 17.7 Å². The fourth-order valence-electron chi connectivity index (χ4n) is 2.55. The normalized spacial score (nSPS) is 12.0. The molecule has 0 radical (unpaired) electrons. The van der Waals surface area contributed by atoms with E-state index in [2.05, 4.69) is 34.0 Å². The Morgan fingerprint density at radius 1 is 1.20 bits per heavy atom. The van der Waals surface area contributed by atoms with Gasteiger partial charge in [0, 0.05) is 6.42 Å². The average Bonchev–Trinajstić information content (AvgIpc) is 3.15. The smallest absolute Gasteiger partial charge is 0.408 e. The maximum absolute atomic E-state index is 12.1. The monoisotopic (exact) mass is 412 g/mol. The lowest BCUT2D eigenvalue weighted by Gasteiger charge is -2.21. The van der Waals surface area contributed by atoms with Crippen molar-refractivity contribution in [3.8, 4) is 11.5 Å². The van der Waals surface area contributed by atoms with Crippen LogP contribution >= 0.6 is 0 Å². The quantitative estimate of drug-likeness (QED) is 0.574. The summed E-state index contributed by atoms with van der Waals surface area (Å²) in [5, 5.41) is 13.7. The van der Waals surface area contributed by atoms with E-state index in [1.807, 2.05) is 0 Å². The predicted molar refractivity (Wildman–Crippen MR) is 115 cm³/mol. The van der Waals surface area contributed by atoms with Crippen molar-refractivity contribution >= 4 is 17.7 Å². The van der Waals surface area contributed by atoms with Crippen LogP contribution in [0.25, 0.3) is 11.5 Å². The molecule has 2 rings (SSSR count). The number of rotatable bonds is 9. The van der Waals surface area contributed by atoms with Gasteiger partial charge in [0.05, 0.1) is 11.3 Å². The Morgan fingerprint density at radius 2 is 1.93 bits per heavy atom. The molecule has 2 N–H and O–H groups in total. The first kappa shape index (κ1) is 22.9. The molecule has 8 nitrogen and oxygen atoms in total. The Balaban J connectivity index is 2.21. The zero-order chi connectivity index (χ0) is 22.1. The second-order valence-electron chi connectivity index (χ2n) is 7.59. The summed E-state index contributed by atoms with van der Waals surface area (Å²) in [7, 11) is 0. The number of carbonyl (C=O) groups is 2. The van der Waals surface area contributed by atoms with Crippen molar-refractivity contribution in [3.63, 3.8) is 0 Å². The number of carbonyl (C=O) groups excluding carboxylic acids is 2. The van der Waals surface area contributed by atoms with Gasteiger partial charge in [0.25, 0.3) is 0 Å². The van der Waals surface area contributed by atoms with E-state index in [9.17, 15) is 9.59 Å². The number of nitrogens with zero attached hydrogens (tertiary/aromatic N) is 2. The van der Waals surface area contributed by atoms with Gasteiger partial charge < -0.3 is 19.8 Å². The molecule has 0 aliphatic heterocycles. The van der Waals surface area contributed by atoms with Crippen LogP contribution in [0.15, 0.2) is 54.0 Å². The van der Waals surface area contributed by atoms with Gasteiger partial charge in [0.1, 0.15) is 11.6 Å². The summed E-state index contributed by atoms with van der Waals surface area (Å²) >= 11 is 0. The average molecular weight is 412 g/mol. The maximum Gasteiger partial charge on any atom is 0.408 e. The van der Waals surface area contributed by atoms with E-state index in [0.717, 1.165) is 0 Å². The number of para-hydroxylation sites is 1. The van der Waals surface area contributed by atoms with Gasteiger partial charge >= 0.3 is 6.09 Å². The minimum atomic E-state index is -0.633. The fraction of sp³-hybridized carbons (Fsp3) is 0.364. The van der Waals surface area contributed by atoms with Crippen LogP contribution in [0.2, 0.25) is 0 Å². The molecular formula is C22H28N4O4. The summed E-state index contributed by atoms with van der Waals surface area (Å²) in [5.41, 5.74) is 0.505. The van der Waals surface area contributed by atoms with E-state index in [1.165, 1.54) is 0 Å². The fourth-order valence-corrected chi connectivity index (χ4v) is 2.55. The van der Waals surface area contributed by atoms with E-state index in [1.54, 1.807) is 57.2 Å². The summed E-state index contributed by atoms with van der Waals surface area (Å²) in [5.74, 6) is 0.298. The molecule has 0 saturated heterocycles. The highest BCUT2D eigenvalue weighted by Crippen LogP contribution is 2.29. The number of allylic oxidation sites excluding steroid dienone is 1. The predicted octanol–water partition coefficient (Wildman–Crippen LogP) is 4.78. The molecule has 1 atom stereocenters. The van der Waals surface area contributed by atoms with Crippen molar-refractivity contribution in [2.24, 2.45) is 0 Å². The van der Waals surface area contributed by atoms with Crippen molar-refractivity contribution in [3.05, 3.63) is 55.5 Å². The number of aromatic nitrogens is 2. The Kier molecular flexibility index (Phi) is 7.91. The SMILES string of the molecule is C=CCCC(=O)Nc1ccccc1-c1nnc([C@H](CC=C)NC(=O)OC(C)(C)C)o1. The Bertz CT molecular complexity index is 899. The van der Waals surface area contributed by atoms with Gasteiger partial charge in [0.15, 0.2) is 0 Å². The molecule has 0 saturated carbocycles. The molecule has 30 heavy (non-hydrogen) atoms. The highest BCUT2D eigenvalue weighted by molar-refractivity contribution is 5.94. The number of hydrogen-bond acceptors (Lipinski definition) is 6. The standard InChI is InChI=1S/C22H28N4O4/c1-6-8-14-18(27)23-16-13-10-9-12-15(16)19-25-26-20(29-19)17(11-7-2)24-21(28)30-22(3,4)5/h6-7,9-10,12-13,17H,1-2,8,11,14H2,3-5H3,(H,23,27)(H,24,28)/t17-/m0/s1. The molecule has 1 aromatic heterocycles. The zero-order valence-electron chi connectivity index (χ0n) is 17.6. The van der Waals surface area contributed by atoms with Gasteiger partial charge in [-0.25, -0.2) is 4.79 Å². The van der Waals surface area contributed by atoms with Crippen molar-refractivity contribution in [2.75, 3.05) is 5.32 Å². The third-order valence-electron chi connectivity index (χ3n) is 3.84. The van der Waals surface area contributed by atoms with Gasteiger partial charge in [-0.15, -0.1) is 23.4 Å². The summed E-state index contributed by atoms with van der Waals surface area (Å²) in [4.78, 5) is 24.2. The lowest BCUT2D eigenvalue weighted by atomic mass is 10.1. The molecule has 8 heteroatoms. The Morgan fingerprint density at radius 3 is 2.60 bits per heavy atom. The van der Waals surface area contributed by atoms with Crippen LogP contribution < -0.4 is 10.6 Å². The van der Waals surface area contributed by atoms with Gasteiger partial charge in [0.2, 0.25) is 17.7 Å². The molecule has 0 fully saturated rings. The summed E-state index contributed by atoms with van der Waals surface area (Å²) in [6.07, 6.45) is 4.02. The highest BCUT2D eigenvalue weighted by Gasteiger charge is 2.24. The molecule has 0 aliphatic carbocycles. The summed E-state index contributed by atoms with van der Waals surface area (Å²) in [6.45, 7) is 12.7. The number of nitrogens with one attached hydrogen (secondary N) is 2. The lowest BCUT2D eigenvalue weighted by molar-refractivity contribution is -0.116. The van der Waals surface area contributed by atoms with Gasteiger partial charge in [-0.2, -0.15) is 0 Å². The third kappa shape index (κ3) is 6.88. The van der Waals surface area contributed by atoms with Crippen LogP contribution in [0.5, 0.6) is 0 Å². The number of hydrogen-bond donors (Lipinski definition) is 2. The van der Waals surface area contributed by atoms with Crippen LogP contribution in [0.3, 0.4) is 0 Å². The number of benzene rings is 1. The van der Waals surface area contributed by atoms with Gasteiger partial charge in [-0.05, 0) is 45.7 Å². The minimum absolute atomic E-state index is 0.141. The molecule has 160 valence electrons. The number of ether oxygens (including phenoxy) is 1. The molecular weight excluding hydrogens is 384 g/mol. The lowest BCUT2D eigenvalue weighted by Crippen LogP contribution is -2.35. The van der Waals surface area contributed by atoms with Crippen LogP contribution in [-0.2, 0) is 9.53 Å². The molecule has 2 amide bonds. The largest absolute Gasteiger partial charge is 0.444 e. The van der Waals surface area contributed by atoms with Crippen molar-refractivity contribution < 1.29 is 18.7 Å². The maximum atomic E-state index is 12.1. The molecule has 1 aromatic carbocycles. The third-order valence-corrected chi connectivity index (χ3v) is 3.84. The molecule has 0 aliphatic rings. The van der Waals surface area contributed by atoms with Crippen molar-refractivity contribution in [2.45, 2.75) is 51.7 Å². The Hall–Kier alpha value is -3.42. The van der Waals surface area contributed by atoms with E-state index in [-0.39, 0.29) is 17.7 Å². The summed E-state index contributed by atoms with van der Waals surface area (Å²) < 4.78 is 11.1. The molecule has 1 heterocycles. The van der Waals surface area contributed by atoms with Crippen LogP contribution in [0.1, 0.15) is 52.0 Å². The molecule has 0 bridgehead atoms. The second-order valence-corrected chi connectivity index (χ2v) is 7.59. The van der Waals surface area contributed by atoms with Crippen molar-refractivity contribution in [1.29, 1.82) is 0 Å². The topological polar surface area (TPSA) is 106 Å². The Labute approximate surface area is 176 Å². The van der Waals surface area contributed by atoms with E-state index in [4.69, 9.17) is 9.15 Å². The van der Waals surface area contributed by atoms with Gasteiger partial charge in [-0.3, -0.25) is 4.79 Å². The molecule has 0 unspecified atom stereocenters. The van der Waals surface area contributed by atoms with Gasteiger partial charge in [-0.1, -0.05) is 24.3 Å².